The minimum Gasteiger partial charge on any atom is -0.298 e. The van der Waals surface area contributed by atoms with Crippen molar-refractivity contribution < 1.29 is 4.79 Å². The molecule has 1 nitrogen and oxygen atoms in total. The van der Waals surface area contributed by atoms with Crippen molar-refractivity contribution in [1.82, 2.24) is 0 Å². The van der Waals surface area contributed by atoms with Crippen molar-refractivity contribution in [3.05, 3.63) is 47.3 Å². The molecule has 0 aliphatic rings. The largest absolute Gasteiger partial charge is 0.298 e. The molecule has 0 spiro atoms. The Balaban J connectivity index is 2.63. The summed E-state index contributed by atoms with van der Waals surface area (Å²) >= 11 is 1.67. The predicted molar refractivity (Wildman–Crippen MR) is 64.7 cm³/mol. The van der Waals surface area contributed by atoms with E-state index in [1.165, 1.54) is 4.70 Å². The highest BCUT2D eigenvalue weighted by atomic mass is 32.1. The van der Waals surface area contributed by atoms with E-state index in [9.17, 15) is 4.79 Å². The molecule has 0 amide bonds. The quantitative estimate of drug-likeness (QED) is 0.560. The zero-order valence-electron chi connectivity index (χ0n) is 7.94. The fourth-order valence-electron chi connectivity index (χ4n) is 1.94. The van der Waals surface area contributed by atoms with Gasteiger partial charge < -0.3 is 0 Å². The molecule has 15 heavy (non-hydrogen) atoms. The van der Waals surface area contributed by atoms with E-state index in [-0.39, 0.29) is 0 Å². The Morgan fingerprint density at radius 3 is 2.80 bits per heavy atom. The first-order valence-corrected chi connectivity index (χ1v) is 5.62. The maximum absolute atomic E-state index is 11.1. The van der Waals surface area contributed by atoms with Crippen LogP contribution in [0.2, 0.25) is 0 Å². The summed E-state index contributed by atoms with van der Waals surface area (Å²) in [5.74, 6) is 0. The van der Waals surface area contributed by atoms with E-state index in [1.54, 1.807) is 11.3 Å². The monoisotopic (exact) mass is 212 g/mol. The van der Waals surface area contributed by atoms with Crippen LogP contribution in [0.25, 0.3) is 20.9 Å². The van der Waals surface area contributed by atoms with Crippen LogP contribution >= 0.6 is 11.3 Å². The summed E-state index contributed by atoms with van der Waals surface area (Å²) in [6.45, 7) is 0. The van der Waals surface area contributed by atoms with Crippen LogP contribution in [-0.4, -0.2) is 6.29 Å². The molecule has 2 aromatic carbocycles. The van der Waals surface area contributed by atoms with Gasteiger partial charge in [-0.3, -0.25) is 4.79 Å². The zero-order chi connectivity index (χ0) is 10.3. The van der Waals surface area contributed by atoms with Crippen LogP contribution in [0.15, 0.2) is 41.8 Å². The minimum atomic E-state index is 0.810. The molecule has 0 fully saturated rings. The van der Waals surface area contributed by atoms with Gasteiger partial charge in [0.05, 0.1) is 0 Å². The highest BCUT2D eigenvalue weighted by molar-refractivity contribution is 7.17. The van der Waals surface area contributed by atoms with Crippen molar-refractivity contribution in [3.63, 3.8) is 0 Å². The molecule has 0 atom stereocenters. The Labute approximate surface area is 91.0 Å². The van der Waals surface area contributed by atoms with Crippen molar-refractivity contribution in [3.8, 4) is 0 Å². The molecule has 2 heteroatoms. The topological polar surface area (TPSA) is 17.1 Å². The van der Waals surface area contributed by atoms with Crippen molar-refractivity contribution in [2.45, 2.75) is 0 Å². The van der Waals surface area contributed by atoms with E-state index in [0.717, 1.165) is 28.0 Å². The molecule has 3 aromatic rings. The van der Waals surface area contributed by atoms with Crippen molar-refractivity contribution in [1.29, 1.82) is 0 Å². The molecule has 0 radical (unpaired) electrons. The zero-order valence-corrected chi connectivity index (χ0v) is 8.75. The van der Waals surface area contributed by atoms with Crippen molar-refractivity contribution >= 4 is 38.5 Å². The number of hydrogen-bond donors (Lipinski definition) is 0. The molecule has 1 aromatic heterocycles. The minimum absolute atomic E-state index is 0.810. The van der Waals surface area contributed by atoms with Gasteiger partial charge in [0.2, 0.25) is 0 Å². The number of aldehydes is 1. The lowest BCUT2D eigenvalue weighted by atomic mass is 10.0. The molecule has 72 valence electrons. The normalized spacial score (nSPS) is 10.9. The Hall–Kier alpha value is -1.67. The van der Waals surface area contributed by atoms with Gasteiger partial charge in [0.15, 0.2) is 6.29 Å². The Bertz CT molecular complexity index is 652. The summed E-state index contributed by atoms with van der Waals surface area (Å²) in [6.07, 6.45) is 0.956. The standard InChI is InChI=1S/C13H8OS/c14-8-12-10-4-2-1-3-9(10)7-13-11(12)5-6-15-13/h1-8H. The second kappa shape index (κ2) is 3.17. The number of carbonyl (C=O) groups is 1. The van der Waals surface area contributed by atoms with Crippen LogP contribution in [0.5, 0.6) is 0 Å². The van der Waals surface area contributed by atoms with Crippen LogP contribution in [0, 0.1) is 0 Å². The second-order valence-electron chi connectivity index (χ2n) is 3.46. The van der Waals surface area contributed by atoms with Crippen LogP contribution in [-0.2, 0) is 0 Å². The summed E-state index contributed by atoms with van der Waals surface area (Å²) < 4.78 is 1.18. The molecule has 0 saturated carbocycles. The van der Waals surface area contributed by atoms with Crippen LogP contribution in [0.4, 0.5) is 0 Å². The lowest BCUT2D eigenvalue weighted by molar-refractivity contribution is 0.112. The summed E-state index contributed by atoms with van der Waals surface area (Å²) in [5, 5.41) is 5.26. The summed E-state index contributed by atoms with van der Waals surface area (Å²) in [4.78, 5) is 11.1. The molecular formula is C13H8OS. The van der Waals surface area contributed by atoms with E-state index in [1.807, 2.05) is 35.7 Å². The molecule has 0 N–H and O–H groups in total. The van der Waals surface area contributed by atoms with Gasteiger partial charge >= 0.3 is 0 Å². The van der Waals surface area contributed by atoms with E-state index >= 15 is 0 Å². The first kappa shape index (κ1) is 8.62. The van der Waals surface area contributed by atoms with Gasteiger partial charge in [-0.25, -0.2) is 0 Å². The van der Waals surface area contributed by atoms with Crippen LogP contribution < -0.4 is 0 Å². The first-order chi connectivity index (χ1) is 7.40. The van der Waals surface area contributed by atoms with Crippen molar-refractivity contribution in [2.75, 3.05) is 0 Å². The lowest BCUT2D eigenvalue weighted by Gasteiger charge is -2.02. The smallest absolute Gasteiger partial charge is 0.151 e. The van der Waals surface area contributed by atoms with Crippen molar-refractivity contribution in [2.24, 2.45) is 0 Å². The van der Waals surface area contributed by atoms with Gasteiger partial charge in [-0.1, -0.05) is 24.3 Å². The SMILES string of the molecule is O=Cc1c2ccccc2cc2sccc12. The number of hydrogen-bond acceptors (Lipinski definition) is 2. The van der Waals surface area contributed by atoms with Gasteiger partial charge in [-0.15, -0.1) is 11.3 Å². The Morgan fingerprint density at radius 1 is 1.07 bits per heavy atom. The van der Waals surface area contributed by atoms with Gasteiger partial charge in [-0.2, -0.15) is 0 Å². The number of thiophene rings is 1. The highest BCUT2D eigenvalue weighted by Gasteiger charge is 2.06. The summed E-state index contributed by atoms with van der Waals surface area (Å²) in [5.41, 5.74) is 0.810. The molecule has 1 heterocycles. The molecule has 0 aliphatic carbocycles. The second-order valence-corrected chi connectivity index (χ2v) is 4.41. The van der Waals surface area contributed by atoms with Gasteiger partial charge in [-0.05, 0) is 28.3 Å². The van der Waals surface area contributed by atoms with E-state index in [4.69, 9.17) is 0 Å². The molecule has 0 bridgehead atoms. The van der Waals surface area contributed by atoms with E-state index in [0.29, 0.717) is 0 Å². The number of rotatable bonds is 1. The third-order valence-electron chi connectivity index (χ3n) is 2.64. The van der Waals surface area contributed by atoms with Gasteiger partial charge in [0, 0.05) is 15.6 Å². The molecule has 3 rings (SSSR count). The van der Waals surface area contributed by atoms with E-state index < -0.39 is 0 Å². The number of carbonyl (C=O) groups excluding carboxylic acids is 1. The van der Waals surface area contributed by atoms with Gasteiger partial charge in [0.25, 0.3) is 0 Å². The maximum Gasteiger partial charge on any atom is 0.151 e. The third kappa shape index (κ3) is 1.18. The molecular weight excluding hydrogens is 204 g/mol. The average Bonchev–Trinajstić information content (AvgIpc) is 2.73. The summed E-state index contributed by atoms with van der Waals surface area (Å²) in [6, 6.07) is 12.2. The van der Waals surface area contributed by atoms with Gasteiger partial charge in [0.1, 0.15) is 0 Å². The Morgan fingerprint density at radius 2 is 1.93 bits per heavy atom. The number of benzene rings is 2. The number of fused-ring (bicyclic) bond motifs is 2. The van der Waals surface area contributed by atoms with E-state index in [2.05, 4.69) is 6.07 Å². The first-order valence-electron chi connectivity index (χ1n) is 4.74. The van der Waals surface area contributed by atoms with Crippen LogP contribution in [0.3, 0.4) is 0 Å². The average molecular weight is 212 g/mol. The lowest BCUT2D eigenvalue weighted by Crippen LogP contribution is -1.84. The third-order valence-corrected chi connectivity index (χ3v) is 3.50. The summed E-state index contributed by atoms with van der Waals surface area (Å²) in [7, 11) is 0. The molecule has 0 aliphatic heterocycles. The fourth-order valence-corrected chi connectivity index (χ4v) is 2.79. The molecule has 0 saturated heterocycles. The maximum atomic E-state index is 11.1. The van der Waals surface area contributed by atoms with Crippen LogP contribution in [0.1, 0.15) is 10.4 Å². The molecule has 0 unspecified atom stereocenters. The Kier molecular flexibility index (Phi) is 1.82. The highest BCUT2D eigenvalue weighted by Crippen LogP contribution is 2.30. The fraction of sp³-hybridized carbons (Fsp3) is 0. The predicted octanol–water partition coefficient (Wildman–Crippen LogP) is 3.87.